The van der Waals surface area contributed by atoms with Crippen molar-refractivity contribution in [1.82, 2.24) is 10.3 Å². The summed E-state index contributed by atoms with van der Waals surface area (Å²) in [5.41, 5.74) is 0.281. The first kappa shape index (κ1) is 14.8. The molecule has 1 amide bonds. The summed E-state index contributed by atoms with van der Waals surface area (Å²) in [4.78, 5) is 16.3. The molecule has 2 heterocycles. The van der Waals surface area contributed by atoms with Crippen LogP contribution in [0, 0.1) is 5.82 Å². The fourth-order valence-electron chi connectivity index (χ4n) is 1.94. The van der Waals surface area contributed by atoms with Crippen molar-refractivity contribution in [2.24, 2.45) is 0 Å². The van der Waals surface area contributed by atoms with Gasteiger partial charge < -0.3 is 14.5 Å². The van der Waals surface area contributed by atoms with Gasteiger partial charge in [0, 0.05) is 6.20 Å². The van der Waals surface area contributed by atoms with Gasteiger partial charge in [0.05, 0.1) is 12.8 Å². The number of furan rings is 1. The molecule has 3 aromatic rings. The molecule has 116 valence electrons. The quantitative estimate of drug-likeness (QED) is 0.782. The van der Waals surface area contributed by atoms with Crippen LogP contribution in [0.4, 0.5) is 4.39 Å². The van der Waals surface area contributed by atoms with Gasteiger partial charge in [-0.1, -0.05) is 0 Å². The van der Waals surface area contributed by atoms with Crippen LogP contribution in [0.2, 0.25) is 0 Å². The van der Waals surface area contributed by atoms with Gasteiger partial charge in [0.2, 0.25) is 5.88 Å². The van der Waals surface area contributed by atoms with E-state index in [1.165, 1.54) is 36.7 Å². The molecule has 0 atom stereocenters. The Bertz CT molecular complexity index is 786. The Labute approximate surface area is 131 Å². The minimum absolute atomic E-state index is 0.149. The number of carbonyl (C=O) groups is 1. The normalized spacial score (nSPS) is 10.3. The van der Waals surface area contributed by atoms with Crippen molar-refractivity contribution in [2.75, 3.05) is 0 Å². The van der Waals surface area contributed by atoms with Crippen LogP contribution in [0.5, 0.6) is 11.6 Å². The number of halogens is 1. The van der Waals surface area contributed by atoms with Gasteiger partial charge >= 0.3 is 0 Å². The molecular formula is C17H13FN2O3. The highest BCUT2D eigenvalue weighted by atomic mass is 19.1. The average molecular weight is 312 g/mol. The van der Waals surface area contributed by atoms with E-state index in [-0.39, 0.29) is 29.7 Å². The molecule has 0 aliphatic carbocycles. The third kappa shape index (κ3) is 3.74. The molecular weight excluding hydrogens is 299 g/mol. The molecule has 0 aliphatic rings. The van der Waals surface area contributed by atoms with E-state index in [0.717, 1.165) is 0 Å². The van der Waals surface area contributed by atoms with E-state index >= 15 is 0 Å². The second kappa shape index (κ2) is 6.74. The van der Waals surface area contributed by atoms with Crippen LogP contribution >= 0.6 is 0 Å². The van der Waals surface area contributed by atoms with Crippen molar-refractivity contribution < 1.29 is 18.3 Å². The highest BCUT2D eigenvalue weighted by Crippen LogP contribution is 2.23. The monoisotopic (exact) mass is 312 g/mol. The zero-order valence-electron chi connectivity index (χ0n) is 12.0. The maximum absolute atomic E-state index is 12.9. The number of nitrogens with one attached hydrogen (secondary N) is 1. The van der Waals surface area contributed by atoms with Crippen LogP contribution in [-0.4, -0.2) is 10.9 Å². The van der Waals surface area contributed by atoms with Crippen molar-refractivity contribution in [2.45, 2.75) is 6.54 Å². The van der Waals surface area contributed by atoms with Gasteiger partial charge in [0.25, 0.3) is 5.91 Å². The minimum atomic E-state index is -0.366. The highest BCUT2D eigenvalue weighted by molar-refractivity contribution is 5.96. The Kier molecular flexibility index (Phi) is 4.33. The predicted octanol–water partition coefficient (Wildman–Crippen LogP) is 3.54. The first-order valence-corrected chi connectivity index (χ1v) is 6.91. The van der Waals surface area contributed by atoms with Crippen molar-refractivity contribution in [3.63, 3.8) is 0 Å². The molecule has 1 aromatic carbocycles. The van der Waals surface area contributed by atoms with E-state index in [2.05, 4.69) is 10.3 Å². The van der Waals surface area contributed by atoms with Crippen LogP contribution < -0.4 is 10.1 Å². The molecule has 2 aromatic heterocycles. The smallest absolute Gasteiger partial charge is 0.257 e. The largest absolute Gasteiger partial charge is 0.467 e. The Balaban J connectivity index is 1.74. The van der Waals surface area contributed by atoms with Gasteiger partial charge in [-0.3, -0.25) is 4.79 Å². The summed E-state index contributed by atoms with van der Waals surface area (Å²) >= 11 is 0. The average Bonchev–Trinajstić information content (AvgIpc) is 3.09. The zero-order chi connectivity index (χ0) is 16.1. The van der Waals surface area contributed by atoms with E-state index in [1.807, 2.05) is 0 Å². The summed E-state index contributed by atoms with van der Waals surface area (Å²) < 4.78 is 23.6. The number of hydrogen-bond donors (Lipinski definition) is 1. The molecule has 0 saturated heterocycles. The summed E-state index contributed by atoms with van der Waals surface area (Å²) in [5.74, 6) is 0.478. The van der Waals surface area contributed by atoms with Gasteiger partial charge in [-0.25, -0.2) is 9.37 Å². The van der Waals surface area contributed by atoms with Gasteiger partial charge in [-0.05, 0) is 48.5 Å². The van der Waals surface area contributed by atoms with Gasteiger partial charge in [-0.2, -0.15) is 0 Å². The summed E-state index contributed by atoms with van der Waals surface area (Å²) in [6.07, 6.45) is 3.05. The summed E-state index contributed by atoms with van der Waals surface area (Å²) in [5, 5.41) is 2.72. The van der Waals surface area contributed by atoms with Gasteiger partial charge in [0.15, 0.2) is 0 Å². The number of nitrogens with zero attached hydrogens (tertiary/aromatic N) is 1. The summed E-state index contributed by atoms with van der Waals surface area (Å²) in [6.45, 7) is 0.261. The molecule has 0 fully saturated rings. The number of benzene rings is 1. The van der Waals surface area contributed by atoms with Crippen molar-refractivity contribution >= 4 is 5.91 Å². The predicted molar refractivity (Wildman–Crippen MR) is 80.6 cm³/mol. The van der Waals surface area contributed by atoms with Crippen molar-refractivity contribution in [1.29, 1.82) is 0 Å². The molecule has 0 unspecified atom stereocenters. The molecule has 5 nitrogen and oxygen atoms in total. The molecule has 0 saturated carbocycles. The summed E-state index contributed by atoms with van der Waals surface area (Å²) in [7, 11) is 0. The molecule has 0 bridgehead atoms. The molecule has 0 aliphatic heterocycles. The molecule has 6 heteroatoms. The van der Waals surface area contributed by atoms with Gasteiger partial charge in [0.1, 0.15) is 22.9 Å². The van der Waals surface area contributed by atoms with E-state index in [1.54, 1.807) is 24.3 Å². The number of rotatable bonds is 5. The Morgan fingerprint density at radius 1 is 1.17 bits per heavy atom. The number of amides is 1. The molecule has 1 N–H and O–H groups in total. The number of carbonyl (C=O) groups excluding carboxylic acids is 1. The number of ether oxygens (including phenoxy) is 1. The first-order valence-electron chi connectivity index (χ1n) is 6.91. The number of pyridine rings is 1. The summed E-state index contributed by atoms with van der Waals surface area (Å²) in [6, 6.07) is 12.2. The third-order valence-corrected chi connectivity index (χ3v) is 3.05. The van der Waals surface area contributed by atoms with E-state index < -0.39 is 0 Å². The van der Waals surface area contributed by atoms with E-state index in [0.29, 0.717) is 11.5 Å². The maximum atomic E-state index is 12.9. The lowest BCUT2D eigenvalue weighted by Crippen LogP contribution is -2.23. The topological polar surface area (TPSA) is 64.4 Å². The SMILES string of the molecule is O=C(NCc1ccco1)c1cccnc1Oc1ccc(F)cc1. The van der Waals surface area contributed by atoms with Crippen LogP contribution in [0.25, 0.3) is 0 Å². The van der Waals surface area contributed by atoms with E-state index in [4.69, 9.17) is 9.15 Å². The Hall–Kier alpha value is -3.15. The lowest BCUT2D eigenvalue weighted by atomic mass is 10.2. The fourth-order valence-corrected chi connectivity index (χ4v) is 1.94. The molecule has 0 spiro atoms. The van der Waals surface area contributed by atoms with Crippen LogP contribution in [-0.2, 0) is 6.54 Å². The van der Waals surface area contributed by atoms with Crippen LogP contribution in [0.3, 0.4) is 0 Å². The fraction of sp³-hybridized carbons (Fsp3) is 0.0588. The van der Waals surface area contributed by atoms with E-state index in [9.17, 15) is 9.18 Å². The highest BCUT2D eigenvalue weighted by Gasteiger charge is 2.14. The number of aromatic nitrogens is 1. The maximum Gasteiger partial charge on any atom is 0.257 e. The van der Waals surface area contributed by atoms with Crippen LogP contribution in [0.1, 0.15) is 16.1 Å². The minimum Gasteiger partial charge on any atom is -0.467 e. The lowest BCUT2D eigenvalue weighted by Gasteiger charge is -2.09. The third-order valence-electron chi connectivity index (χ3n) is 3.05. The molecule has 0 radical (unpaired) electrons. The van der Waals surface area contributed by atoms with Crippen molar-refractivity contribution in [3.8, 4) is 11.6 Å². The second-order valence-electron chi connectivity index (χ2n) is 4.67. The van der Waals surface area contributed by atoms with Crippen molar-refractivity contribution in [3.05, 3.63) is 78.1 Å². The lowest BCUT2D eigenvalue weighted by molar-refractivity contribution is 0.0945. The number of hydrogen-bond acceptors (Lipinski definition) is 4. The molecule has 23 heavy (non-hydrogen) atoms. The Morgan fingerprint density at radius 3 is 2.74 bits per heavy atom. The standard InChI is InChI=1S/C17H13FN2O3/c18-12-5-7-13(8-6-12)23-17-15(4-1-9-19-17)16(21)20-11-14-3-2-10-22-14/h1-10H,11H2,(H,20,21). The molecule has 3 rings (SSSR count). The Morgan fingerprint density at radius 2 is 2.00 bits per heavy atom. The van der Waals surface area contributed by atoms with Crippen LogP contribution in [0.15, 0.2) is 65.4 Å². The first-order chi connectivity index (χ1) is 11.2. The second-order valence-corrected chi connectivity index (χ2v) is 4.67. The zero-order valence-corrected chi connectivity index (χ0v) is 12.0. The van der Waals surface area contributed by atoms with Gasteiger partial charge in [-0.15, -0.1) is 0 Å².